The van der Waals surface area contributed by atoms with E-state index in [-0.39, 0.29) is 22.9 Å². The minimum Gasteiger partial charge on any atom is -0.465 e. The topological polar surface area (TPSA) is 151 Å². The maximum atomic E-state index is 11.9. The lowest BCUT2D eigenvalue weighted by atomic mass is 10.2. The van der Waals surface area contributed by atoms with Gasteiger partial charge in [0.25, 0.3) is 25.8 Å². The van der Waals surface area contributed by atoms with Gasteiger partial charge in [0, 0.05) is 12.2 Å². The molecule has 1 aliphatic heterocycles. The summed E-state index contributed by atoms with van der Waals surface area (Å²) in [6, 6.07) is 6.23. The van der Waals surface area contributed by atoms with E-state index in [4.69, 9.17) is 9.47 Å². The fourth-order valence-corrected chi connectivity index (χ4v) is 8.23. The van der Waals surface area contributed by atoms with Gasteiger partial charge in [-0.05, 0) is 59.4 Å². The number of ether oxygens (including phenoxy) is 2. The standard InChI is InChI=1S/C20H17IN2O9S4/c1-11(6-18-23(10-36(28,29)30)19-15(33-18)8-16(21)34-19)5-17-22(9-35(25,26)27)13-7-12(20(24)31-2)3-4-14(13)32-17/h3-8H,9-10H2,1-2H3,(H-,25,26,27,28,29,30)/p+1. The SMILES string of the molecule is COC(=O)c1ccc2c(c1)N(CS(=O)(=O)O)/C(=C\C(C)=C\c1sc3cc(I)sc3[n+]1CS(=O)(=O)O)O2. The van der Waals surface area contributed by atoms with Crippen LogP contribution >= 0.6 is 45.3 Å². The molecule has 36 heavy (non-hydrogen) atoms. The molecule has 0 bridgehead atoms. The highest BCUT2D eigenvalue weighted by molar-refractivity contribution is 14.1. The number of benzene rings is 1. The molecule has 0 atom stereocenters. The number of thiophene rings is 1. The number of carbonyl (C=O) groups excluding carboxylic acids is 1. The Balaban J connectivity index is 1.76. The lowest BCUT2D eigenvalue weighted by Crippen LogP contribution is -2.38. The molecule has 0 spiro atoms. The zero-order chi connectivity index (χ0) is 26.4. The maximum absolute atomic E-state index is 11.9. The first-order valence-electron chi connectivity index (χ1n) is 9.84. The summed E-state index contributed by atoms with van der Waals surface area (Å²) in [7, 11) is -7.59. The second kappa shape index (κ2) is 9.99. The van der Waals surface area contributed by atoms with Crippen LogP contribution in [0.2, 0.25) is 0 Å². The van der Waals surface area contributed by atoms with Crippen molar-refractivity contribution in [2.24, 2.45) is 0 Å². The van der Waals surface area contributed by atoms with E-state index >= 15 is 0 Å². The molecule has 2 aromatic heterocycles. The Bertz CT molecular complexity index is 1650. The molecule has 0 radical (unpaired) electrons. The minimum atomic E-state index is -4.48. The van der Waals surface area contributed by atoms with E-state index in [0.29, 0.717) is 15.4 Å². The van der Waals surface area contributed by atoms with Crippen LogP contribution in [0.15, 0.2) is 41.8 Å². The molecule has 1 aromatic carbocycles. The van der Waals surface area contributed by atoms with Gasteiger partial charge in [-0.3, -0.25) is 14.0 Å². The Morgan fingerprint density at radius 3 is 2.56 bits per heavy atom. The van der Waals surface area contributed by atoms with Crippen molar-refractivity contribution in [3.05, 3.63) is 55.3 Å². The Kier molecular flexibility index (Phi) is 7.48. The molecule has 0 amide bonds. The molecule has 3 aromatic rings. The van der Waals surface area contributed by atoms with Crippen LogP contribution in [0.5, 0.6) is 5.75 Å². The van der Waals surface area contributed by atoms with E-state index in [1.165, 1.54) is 63.5 Å². The van der Waals surface area contributed by atoms with Crippen molar-refractivity contribution in [3.63, 3.8) is 0 Å². The highest BCUT2D eigenvalue weighted by atomic mass is 127. The van der Waals surface area contributed by atoms with Gasteiger partial charge >= 0.3 is 16.1 Å². The number of aromatic nitrogens is 1. The van der Waals surface area contributed by atoms with Crippen LogP contribution in [0, 0.1) is 2.88 Å². The van der Waals surface area contributed by atoms with Crippen LogP contribution in [0.3, 0.4) is 0 Å². The number of hydrogen-bond donors (Lipinski definition) is 2. The normalized spacial score (nSPS) is 15.4. The highest BCUT2D eigenvalue weighted by Gasteiger charge is 2.31. The molecule has 1 aliphatic rings. The van der Waals surface area contributed by atoms with Gasteiger partial charge in [0.2, 0.25) is 5.88 Å². The van der Waals surface area contributed by atoms with Gasteiger partial charge in [0.15, 0.2) is 11.6 Å². The average Bonchev–Trinajstić information content (AvgIpc) is 3.37. The number of carbonyl (C=O) groups is 1. The predicted molar refractivity (Wildman–Crippen MR) is 143 cm³/mol. The number of anilines is 1. The summed E-state index contributed by atoms with van der Waals surface area (Å²) in [4.78, 5) is 13.8. The van der Waals surface area contributed by atoms with Crippen molar-refractivity contribution >= 4 is 92.8 Å². The molecule has 2 N–H and O–H groups in total. The summed E-state index contributed by atoms with van der Waals surface area (Å²) < 4.78 is 79.4. The number of hydrogen-bond acceptors (Lipinski definition) is 10. The van der Waals surface area contributed by atoms with Crippen molar-refractivity contribution in [1.82, 2.24) is 0 Å². The van der Waals surface area contributed by atoms with Crippen molar-refractivity contribution in [2.75, 3.05) is 17.9 Å². The van der Waals surface area contributed by atoms with Crippen LogP contribution in [-0.4, -0.2) is 44.9 Å². The number of fused-ring (bicyclic) bond motifs is 2. The van der Waals surface area contributed by atoms with Crippen molar-refractivity contribution in [3.8, 4) is 5.75 Å². The summed E-state index contributed by atoms with van der Waals surface area (Å²) in [6.07, 6.45) is 3.18. The molecule has 0 saturated carbocycles. The van der Waals surface area contributed by atoms with Crippen molar-refractivity contribution in [2.45, 2.75) is 12.8 Å². The Labute approximate surface area is 227 Å². The van der Waals surface area contributed by atoms with Crippen LogP contribution in [0.1, 0.15) is 22.3 Å². The number of halogens is 1. The fraction of sp³-hybridized carbons (Fsp3) is 0.200. The third kappa shape index (κ3) is 6.06. The van der Waals surface area contributed by atoms with E-state index in [1.54, 1.807) is 13.0 Å². The predicted octanol–water partition coefficient (Wildman–Crippen LogP) is 3.48. The fourth-order valence-electron chi connectivity index (χ4n) is 3.44. The minimum absolute atomic E-state index is 0.0626. The monoisotopic (exact) mass is 685 g/mol. The Morgan fingerprint density at radius 1 is 1.19 bits per heavy atom. The van der Waals surface area contributed by atoms with Crippen molar-refractivity contribution < 1.29 is 44.8 Å². The first kappa shape index (κ1) is 27.0. The molecule has 16 heteroatoms. The summed E-state index contributed by atoms with van der Waals surface area (Å²) >= 11 is 4.83. The lowest BCUT2D eigenvalue weighted by Gasteiger charge is -2.16. The van der Waals surface area contributed by atoms with E-state index in [1.807, 2.05) is 6.07 Å². The molecule has 4 rings (SSSR count). The van der Waals surface area contributed by atoms with Gasteiger partial charge in [-0.2, -0.15) is 21.4 Å². The zero-order valence-corrected chi connectivity index (χ0v) is 24.0. The quantitative estimate of drug-likeness (QED) is 0.164. The third-order valence-electron chi connectivity index (χ3n) is 4.81. The zero-order valence-electron chi connectivity index (χ0n) is 18.5. The van der Waals surface area contributed by atoms with Gasteiger partial charge in [-0.25, -0.2) is 4.79 Å². The Morgan fingerprint density at radius 2 is 1.92 bits per heavy atom. The molecule has 3 heterocycles. The lowest BCUT2D eigenvalue weighted by molar-refractivity contribution is -0.647. The summed E-state index contributed by atoms with van der Waals surface area (Å²) in [5.41, 5.74) is 0.953. The van der Waals surface area contributed by atoms with Crippen LogP contribution in [0.4, 0.5) is 5.69 Å². The second-order valence-electron chi connectivity index (χ2n) is 7.59. The summed E-state index contributed by atoms with van der Waals surface area (Å²) in [6.45, 7) is 1.69. The highest BCUT2D eigenvalue weighted by Crippen LogP contribution is 2.40. The van der Waals surface area contributed by atoms with Crippen molar-refractivity contribution in [1.29, 1.82) is 0 Å². The molecule has 0 saturated heterocycles. The number of esters is 1. The van der Waals surface area contributed by atoms with Gasteiger partial charge in [0.1, 0.15) is 4.70 Å². The molecule has 0 unspecified atom stereocenters. The molecule has 192 valence electrons. The molecule has 0 fully saturated rings. The van der Waals surface area contributed by atoms with Gasteiger partial charge < -0.3 is 9.47 Å². The molecular weight excluding hydrogens is 667 g/mol. The van der Waals surface area contributed by atoms with Crippen LogP contribution < -0.4 is 14.2 Å². The number of methoxy groups -OCH3 is 1. The average molecular weight is 686 g/mol. The molecular formula is C20H18IN2O9S4+. The third-order valence-corrected chi connectivity index (χ3v) is 9.11. The van der Waals surface area contributed by atoms with E-state index in [2.05, 4.69) is 22.6 Å². The first-order valence-corrected chi connectivity index (χ1v) is 15.8. The number of allylic oxidation sites excluding steroid dienone is 2. The van der Waals surface area contributed by atoms with E-state index in [0.717, 1.165) is 7.58 Å². The van der Waals surface area contributed by atoms with E-state index < -0.39 is 38.0 Å². The summed E-state index contributed by atoms with van der Waals surface area (Å²) in [5.74, 6) is -1.77. The van der Waals surface area contributed by atoms with Gasteiger partial charge in [-0.1, -0.05) is 22.7 Å². The maximum Gasteiger partial charge on any atom is 0.337 e. The second-order valence-corrected chi connectivity index (χ2v) is 14.4. The summed E-state index contributed by atoms with van der Waals surface area (Å²) in [5, 5.41) is 0.532. The largest absolute Gasteiger partial charge is 0.465 e. The smallest absolute Gasteiger partial charge is 0.337 e. The Hall–Kier alpha value is -2.09. The van der Waals surface area contributed by atoms with Gasteiger partial charge in [0.05, 0.1) is 21.2 Å². The first-order chi connectivity index (χ1) is 16.7. The van der Waals surface area contributed by atoms with Crippen LogP contribution in [0.25, 0.3) is 15.6 Å². The molecule has 0 aliphatic carbocycles. The van der Waals surface area contributed by atoms with E-state index in [9.17, 15) is 30.7 Å². The number of thiazole rings is 1. The van der Waals surface area contributed by atoms with Crippen LogP contribution in [-0.2, 0) is 30.8 Å². The number of nitrogens with zero attached hydrogens (tertiary/aromatic N) is 2. The number of rotatable bonds is 7. The molecule has 11 nitrogen and oxygen atoms in total. The van der Waals surface area contributed by atoms with Gasteiger partial charge in [-0.15, -0.1) is 0 Å².